The number of carbonyl (C=O) groups excluding carboxylic acids is 1. The van der Waals surface area contributed by atoms with Crippen molar-refractivity contribution in [2.24, 2.45) is 5.41 Å². The van der Waals surface area contributed by atoms with Crippen LogP contribution in [0.4, 0.5) is 4.39 Å². The van der Waals surface area contributed by atoms with E-state index >= 15 is 0 Å². The molecule has 0 aliphatic carbocycles. The van der Waals surface area contributed by atoms with Crippen LogP contribution in [0.2, 0.25) is 0 Å². The maximum Gasteiger partial charge on any atom is 0.256 e. The molecule has 1 aromatic carbocycles. The first kappa shape index (κ1) is 15.8. The molecule has 6 heteroatoms. The van der Waals surface area contributed by atoms with Gasteiger partial charge < -0.3 is 9.64 Å². The van der Waals surface area contributed by atoms with Crippen LogP contribution < -0.4 is 0 Å². The van der Waals surface area contributed by atoms with Gasteiger partial charge >= 0.3 is 0 Å². The molecule has 0 radical (unpaired) electrons. The van der Waals surface area contributed by atoms with E-state index < -0.39 is 5.82 Å². The van der Waals surface area contributed by atoms with Crippen LogP contribution in [0, 0.1) is 11.2 Å². The Kier molecular flexibility index (Phi) is 4.02. The summed E-state index contributed by atoms with van der Waals surface area (Å²) in [4.78, 5) is 22.6. The molecule has 1 amide bonds. The van der Waals surface area contributed by atoms with Crippen LogP contribution in [0.3, 0.4) is 0 Å². The second-order valence-electron chi connectivity index (χ2n) is 6.61. The van der Waals surface area contributed by atoms with Crippen molar-refractivity contribution in [2.45, 2.75) is 26.4 Å². The van der Waals surface area contributed by atoms with Crippen LogP contribution in [0.1, 0.15) is 30.6 Å². The highest BCUT2D eigenvalue weighted by Gasteiger charge is 2.38. The molecule has 1 fully saturated rings. The number of carbonyl (C=O) groups is 1. The van der Waals surface area contributed by atoms with Crippen molar-refractivity contribution in [2.75, 3.05) is 20.2 Å². The lowest BCUT2D eigenvalue weighted by Gasteiger charge is -2.43. The SMILES string of the molecule is COC1CCN(C(=O)c2cc3nccnc3cc2F)CC1(C)C. The number of likely N-dealkylation sites (tertiary alicyclic amines) is 1. The molecule has 2 heterocycles. The Morgan fingerprint density at radius 1 is 1.30 bits per heavy atom. The van der Waals surface area contributed by atoms with Gasteiger partial charge in [0.05, 0.1) is 22.7 Å². The Balaban J connectivity index is 1.90. The zero-order valence-corrected chi connectivity index (χ0v) is 13.5. The number of hydrogen-bond acceptors (Lipinski definition) is 4. The van der Waals surface area contributed by atoms with Gasteiger partial charge in [0.25, 0.3) is 5.91 Å². The lowest BCUT2D eigenvalue weighted by atomic mass is 9.81. The summed E-state index contributed by atoms with van der Waals surface area (Å²) in [5.41, 5.74) is 0.836. The van der Waals surface area contributed by atoms with E-state index in [1.165, 1.54) is 24.5 Å². The molecular weight excluding hydrogens is 297 g/mol. The molecule has 0 spiro atoms. The summed E-state index contributed by atoms with van der Waals surface area (Å²) < 4.78 is 19.8. The Morgan fingerprint density at radius 3 is 2.57 bits per heavy atom. The van der Waals surface area contributed by atoms with Crippen LogP contribution in [-0.2, 0) is 4.74 Å². The number of ether oxygens (including phenoxy) is 1. The van der Waals surface area contributed by atoms with Crippen molar-refractivity contribution in [3.63, 3.8) is 0 Å². The quantitative estimate of drug-likeness (QED) is 0.854. The van der Waals surface area contributed by atoms with Gasteiger partial charge in [-0.05, 0) is 12.5 Å². The molecular formula is C17H20FN3O2. The third kappa shape index (κ3) is 2.91. The molecule has 1 aromatic heterocycles. The van der Waals surface area contributed by atoms with Gasteiger partial charge in [0.2, 0.25) is 0 Å². The van der Waals surface area contributed by atoms with E-state index in [-0.39, 0.29) is 23.0 Å². The number of fused-ring (bicyclic) bond motifs is 1. The minimum absolute atomic E-state index is 0.0460. The highest BCUT2D eigenvalue weighted by Crippen LogP contribution is 2.32. The molecule has 122 valence electrons. The molecule has 0 saturated carbocycles. The van der Waals surface area contributed by atoms with E-state index in [0.717, 1.165) is 6.42 Å². The van der Waals surface area contributed by atoms with Gasteiger partial charge in [-0.3, -0.25) is 14.8 Å². The van der Waals surface area contributed by atoms with Gasteiger partial charge in [-0.1, -0.05) is 13.8 Å². The second kappa shape index (κ2) is 5.85. The van der Waals surface area contributed by atoms with Crippen molar-refractivity contribution in [1.29, 1.82) is 0 Å². The summed E-state index contributed by atoms with van der Waals surface area (Å²) in [6, 6.07) is 2.75. The number of methoxy groups -OCH3 is 1. The van der Waals surface area contributed by atoms with Gasteiger partial charge in [-0.15, -0.1) is 0 Å². The summed E-state index contributed by atoms with van der Waals surface area (Å²) in [5.74, 6) is -0.868. The summed E-state index contributed by atoms with van der Waals surface area (Å²) in [5, 5.41) is 0. The maximum atomic E-state index is 14.3. The van der Waals surface area contributed by atoms with Crippen molar-refractivity contribution < 1.29 is 13.9 Å². The molecule has 23 heavy (non-hydrogen) atoms. The topological polar surface area (TPSA) is 55.3 Å². The number of nitrogens with zero attached hydrogens (tertiary/aromatic N) is 3. The number of rotatable bonds is 2. The van der Waals surface area contributed by atoms with Crippen molar-refractivity contribution in [1.82, 2.24) is 14.9 Å². The molecule has 1 aliphatic rings. The van der Waals surface area contributed by atoms with E-state index in [1.54, 1.807) is 12.0 Å². The third-order valence-corrected chi connectivity index (χ3v) is 4.49. The predicted octanol–water partition coefficient (Wildman–Crippen LogP) is 2.66. The molecule has 3 rings (SSSR count). The van der Waals surface area contributed by atoms with Crippen molar-refractivity contribution in [3.8, 4) is 0 Å². The van der Waals surface area contributed by atoms with Crippen LogP contribution in [-0.4, -0.2) is 47.1 Å². The Morgan fingerprint density at radius 2 is 1.96 bits per heavy atom. The number of amides is 1. The molecule has 1 aliphatic heterocycles. The van der Waals surface area contributed by atoms with E-state index in [0.29, 0.717) is 24.1 Å². The Labute approximate surface area is 134 Å². The molecule has 0 bridgehead atoms. The lowest BCUT2D eigenvalue weighted by molar-refractivity contribution is -0.0444. The number of benzene rings is 1. The van der Waals surface area contributed by atoms with Crippen molar-refractivity contribution in [3.05, 3.63) is 35.9 Å². The van der Waals surface area contributed by atoms with Crippen molar-refractivity contribution >= 4 is 16.9 Å². The van der Waals surface area contributed by atoms with E-state index in [4.69, 9.17) is 4.74 Å². The van der Waals surface area contributed by atoms with E-state index in [1.807, 2.05) is 0 Å². The van der Waals surface area contributed by atoms with Gasteiger partial charge in [0.1, 0.15) is 5.82 Å². The monoisotopic (exact) mass is 317 g/mol. The molecule has 1 unspecified atom stereocenters. The van der Waals surface area contributed by atoms with E-state index in [9.17, 15) is 9.18 Å². The molecule has 2 aromatic rings. The van der Waals surface area contributed by atoms with Gasteiger partial charge in [-0.2, -0.15) is 0 Å². The first-order valence-electron chi connectivity index (χ1n) is 7.65. The highest BCUT2D eigenvalue weighted by atomic mass is 19.1. The zero-order valence-electron chi connectivity index (χ0n) is 13.5. The third-order valence-electron chi connectivity index (χ3n) is 4.49. The summed E-state index contributed by atoms with van der Waals surface area (Å²) >= 11 is 0. The Hall–Kier alpha value is -2.08. The normalized spacial score (nSPS) is 20.7. The minimum atomic E-state index is -0.560. The standard InChI is InChI=1S/C17H20FN3O2/c1-17(2)10-21(7-4-15(17)23-3)16(22)11-8-13-14(9-12(11)18)20-6-5-19-13/h5-6,8-9,15H,4,7,10H2,1-3H3. The van der Waals surface area contributed by atoms with Crippen LogP contribution >= 0.6 is 0 Å². The summed E-state index contributed by atoms with van der Waals surface area (Å²) in [6.07, 6.45) is 3.87. The molecule has 5 nitrogen and oxygen atoms in total. The lowest BCUT2D eigenvalue weighted by Crippen LogP contribution is -2.51. The first-order chi connectivity index (χ1) is 10.9. The second-order valence-corrected chi connectivity index (χ2v) is 6.61. The van der Waals surface area contributed by atoms with E-state index in [2.05, 4.69) is 23.8 Å². The maximum absolute atomic E-state index is 14.3. The number of hydrogen-bond donors (Lipinski definition) is 0. The van der Waals surface area contributed by atoms with Crippen LogP contribution in [0.15, 0.2) is 24.5 Å². The predicted molar refractivity (Wildman–Crippen MR) is 84.6 cm³/mol. The summed E-state index contributed by atoms with van der Waals surface area (Å²) in [6.45, 7) is 5.20. The highest BCUT2D eigenvalue weighted by molar-refractivity contribution is 5.97. The fraction of sp³-hybridized carbons (Fsp3) is 0.471. The largest absolute Gasteiger partial charge is 0.381 e. The first-order valence-corrected chi connectivity index (χ1v) is 7.65. The van der Waals surface area contributed by atoms with Crippen LogP contribution in [0.5, 0.6) is 0 Å². The average molecular weight is 317 g/mol. The van der Waals surface area contributed by atoms with Gasteiger partial charge in [0, 0.05) is 44.1 Å². The smallest absolute Gasteiger partial charge is 0.256 e. The summed E-state index contributed by atoms with van der Waals surface area (Å²) in [7, 11) is 1.69. The van der Waals surface area contributed by atoms with Gasteiger partial charge in [0.15, 0.2) is 0 Å². The van der Waals surface area contributed by atoms with Gasteiger partial charge in [-0.25, -0.2) is 4.39 Å². The molecule has 1 atom stereocenters. The van der Waals surface area contributed by atoms with Crippen LogP contribution in [0.25, 0.3) is 11.0 Å². The average Bonchev–Trinajstić information content (AvgIpc) is 2.52. The molecule has 0 N–H and O–H groups in total. The minimum Gasteiger partial charge on any atom is -0.381 e. The fourth-order valence-corrected chi connectivity index (χ4v) is 3.27. The Bertz CT molecular complexity index is 748. The number of piperidine rings is 1. The zero-order chi connectivity index (χ0) is 16.6. The molecule has 1 saturated heterocycles. The number of aromatic nitrogens is 2. The number of halogens is 1. The fourth-order valence-electron chi connectivity index (χ4n) is 3.27.